The second-order valence-corrected chi connectivity index (χ2v) is 7.22. The molecular weight excluding hydrogens is 393 g/mol. The topological polar surface area (TPSA) is 23.5 Å². The van der Waals surface area contributed by atoms with E-state index in [2.05, 4.69) is 24.9 Å². The summed E-state index contributed by atoms with van der Waals surface area (Å²) in [5.74, 6) is 0.715. The summed E-state index contributed by atoms with van der Waals surface area (Å²) < 4.78 is 13.4. The van der Waals surface area contributed by atoms with Gasteiger partial charge >= 0.3 is 0 Å². The summed E-state index contributed by atoms with van der Waals surface area (Å²) in [6.45, 7) is 3.17. The molecule has 0 bridgehead atoms. The molecule has 0 saturated heterocycles. The lowest BCUT2D eigenvalue weighted by Gasteiger charge is -2.37. The van der Waals surface area contributed by atoms with Crippen molar-refractivity contribution in [2.24, 2.45) is 0 Å². The van der Waals surface area contributed by atoms with Gasteiger partial charge in [-0.05, 0) is 86.0 Å². The van der Waals surface area contributed by atoms with Crippen molar-refractivity contribution in [1.82, 2.24) is 4.90 Å². The molecule has 3 rings (SSSR count). The normalized spacial score (nSPS) is 17.5. The lowest BCUT2D eigenvalue weighted by Crippen LogP contribution is -2.39. The van der Waals surface area contributed by atoms with E-state index in [1.54, 1.807) is 12.1 Å². The number of phenolic OH excluding ortho intramolecular Hbond substituents is 1. The van der Waals surface area contributed by atoms with E-state index in [4.69, 9.17) is 0 Å². The van der Waals surface area contributed by atoms with Gasteiger partial charge in [0.25, 0.3) is 0 Å². The third-order valence-electron chi connectivity index (χ3n) is 5.58. The first-order chi connectivity index (χ1) is 12.1. The van der Waals surface area contributed by atoms with Gasteiger partial charge in [0.2, 0.25) is 0 Å². The molecule has 0 aromatic heterocycles. The van der Waals surface area contributed by atoms with Crippen molar-refractivity contribution in [2.45, 2.75) is 51.0 Å². The number of aryl methyl sites for hydroxylation is 1. The van der Waals surface area contributed by atoms with Gasteiger partial charge in [-0.25, -0.2) is 4.39 Å². The Hall–Kier alpha value is -1.39. The molecule has 2 nitrogen and oxygen atoms in total. The highest BCUT2D eigenvalue weighted by atomic mass is 79.9. The van der Waals surface area contributed by atoms with Crippen molar-refractivity contribution in [3.8, 4) is 5.75 Å². The van der Waals surface area contributed by atoms with Crippen LogP contribution in [0.5, 0.6) is 5.75 Å². The lowest BCUT2D eigenvalue weighted by molar-refractivity contribution is 0.195. The van der Waals surface area contributed by atoms with Gasteiger partial charge in [-0.2, -0.15) is 0 Å². The maximum absolute atomic E-state index is 13.4. The van der Waals surface area contributed by atoms with Gasteiger partial charge in [0.1, 0.15) is 11.6 Å². The minimum atomic E-state index is -0.159. The zero-order chi connectivity index (χ0) is 17.8. The van der Waals surface area contributed by atoms with E-state index >= 15 is 0 Å². The van der Waals surface area contributed by atoms with Gasteiger partial charge in [-0.15, -0.1) is 17.0 Å². The van der Waals surface area contributed by atoms with E-state index in [9.17, 15) is 9.50 Å². The summed E-state index contributed by atoms with van der Waals surface area (Å²) in [6, 6.07) is 13.2. The quantitative estimate of drug-likeness (QED) is 0.666. The number of nitrogens with zero attached hydrogens (tertiary/aromatic N) is 1. The van der Waals surface area contributed by atoms with Crippen LogP contribution < -0.4 is 0 Å². The van der Waals surface area contributed by atoms with Gasteiger partial charge < -0.3 is 10.0 Å². The number of hydrogen-bond acceptors (Lipinski definition) is 2. The van der Waals surface area contributed by atoms with Crippen LogP contribution in [-0.2, 0) is 12.8 Å². The Bertz CT molecular complexity index is 721. The van der Waals surface area contributed by atoms with Crippen molar-refractivity contribution >= 4 is 17.0 Å². The van der Waals surface area contributed by atoms with Crippen LogP contribution in [0.15, 0.2) is 42.5 Å². The first-order valence-electron chi connectivity index (χ1n) is 9.35. The van der Waals surface area contributed by atoms with Crippen molar-refractivity contribution in [2.75, 3.05) is 13.6 Å². The molecule has 4 heteroatoms. The Kier molecular flexibility index (Phi) is 7.66. The largest absolute Gasteiger partial charge is 0.508 e. The highest BCUT2D eigenvalue weighted by molar-refractivity contribution is 8.93. The molecule has 0 heterocycles. The number of halogens is 2. The third-order valence-corrected chi connectivity index (χ3v) is 5.58. The predicted octanol–water partition coefficient (Wildman–Crippen LogP) is 5.48. The fraction of sp³-hybridized carbons (Fsp3) is 0.455. The molecule has 0 fully saturated rings. The molecule has 0 amide bonds. The second-order valence-electron chi connectivity index (χ2n) is 7.22. The van der Waals surface area contributed by atoms with Crippen LogP contribution in [0.25, 0.3) is 0 Å². The van der Waals surface area contributed by atoms with Crippen LogP contribution in [0.3, 0.4) is 0 Å². The molecule has 0 spiro atoms. The molecule has 1 aliphatic rings. The number of aromatic hydroxyl groups is 1. The molecule has 2 aromatic rings. The van der Waals surface area contributed by atoms with Crippen LogP contribution in [0, 0.1) is 5.82 Å². The van der Waals surface area contributed by atoms with E-state index in [1.807, 2.05) is 18.2 Å². The Morgan fingerprint density at radius 1 is 1.23 bits per heavy atom. The first kappa shape index (κ1) is 20.9. The highest BCUT2D eigenvalue weighted by Crippen LogP contribution is 2.38. The fourth-order valence-corrected chi connectivity index (χ4v) is 4.31. The molecule has 26 heavy (non-hydrogen) atoms. The van der Waals surface area contributed by atoms with Crippen LogP contribution in [0.2, 0.25) is 0 Å². The lowest BCUT2D eigenvalue weighted by atomic mass is 9.77. The molecule has 0 radical (unpaired) electrons. The maximum atomic E-state index is 13.4. The molecule has 2 atom stereocenters. The summed E-state index contributed by atoms with van der Waals surface area (Å²) >= 11 is 0. The van der Waals surface area contributed by atoms with E-state index in [0.717, 1.165) is 31.4 Å². The maximum Gasteiger partial charge on any atom is 0.123 e. The van der Waals surface area contributed by atoms with Gasteiger partial charge in [0, 0.05) is 12.6 Å². The number of phenols is 1. The summed E-state index contributed by atoms with van der Waals surface area (Å²) in [5.41, 5.74) is 3.75. The van der Waals surface area contributed by atoms with E-state index < -0.39 is 0 Å². The van der Waals surface area contributed by atoms with Crippen LogP contribution in [0.1, 0.15) is 48.8 Å². The summed E-state index contributed by atoms with van der Waals surface area (Å²) in [7, 11) is 2.18. The third kappa shape index (κ3) is 4.86. The molecule has 142 valence electrons. The number of hydrogen-bond donors (Lipinski definition) is 1. The van der Waals surface area contributed by atoms with Gasteiger partial charge in [0.05, 0.1) is 0 Å². The molecule has 0 saturated carbocycles. The molecule has 1 N–H and O–H groups in total. The number of fused-ring (bicyclic) bond motifs is 1. The number of benzene rings is 2. The summed E-state index contributed by atoms with van der Waals surface area (Å²) in [4.78, 5) is 2.43. The van der Waals surface area contributed by atoms with Gasteiger partial charge in [-0.3, -0.25) is 0 Å². The van der Waals surface area contributed by atoms with Gasteiger partial charge in [-0.1, -0.05) is 25.1 Å². The van der Waals surface area contributed by atoms with Crippen LogP contribution in [0.4, 0.5) is 4.39 Å². The van der Waals surface area contributed by atoms with Crippen molar-refractivity contribution in [1.29, 1.82) is 0 Å². The number of rotatable bonds is 6. The highest BCUT2D eigenvalue weighted by Gasteiger charge is 2.29. The van der Waals surface area contributed by atoms with Crippen LogP contribution >= 0.6 is 17.0 Å². The average Bonchev–Trinajstić information content (AvgIpc) is 2.60. The van der Waals surface area contributed by atoms with E-state index in [1.165, 1.54) is 30.0 Å². The zero-order valence-electron chi connectivity index (χ0n) is 15.6. The standard InChI is InChI=1S/C22H28FNO.BrH/c1-3-22(24(2)13-12-16-6-4-8-18(23)14-16)21-9-5-7-17-15-19(25)10-11-20(17)21;/h4,6,8,10-11,14-15,21-22,25H,3,5,7,9,12-13H2,1-2H3;1H. The Morgan fingerprint density at radius 2 is 2.04 bits per heavy atom. The smallest absolute Gasteiger partial charge is 0.123 e. The second kappa shape index (κ2) is 9.52. The van der Waals surface area contributed by atoms with Gasteiger partial charge in [0.15, 0.2) is 0 Å². The van der Waals surface area contributed by atoms with E-state index in [0.29, 0.717) is 17.7 Å². The van der Waals surface area contributed by atoms with E-state index in [-0.39, 0.29) is 22.8 Å². The molecule has 2 aromatic carbocycles. The SMILES string of the molecule is Br.CCC(C1CCCc2cc(O)ccc21)N(C)CCc1cccc(F)c1. The fourth-order valence-electron chi connectivity index (χ4n) is 4.31. The first-order valence-corrected chi connectivity index (χ1v) is 9.35. The Balaban J connectivity index is 0.00000243. The summed E-state index contributed by atoms with van der Waals surface area (Å²) in [6.07, 6.45) is 5.38. The number of likely N-dealkylation sites (N-methyl/N-ethyl adjacent to an activating group) is 1. The molecule has 1 aliphatic carbocycles. The van der Waals surface area contributed by atoms with Crippen LogP contribution in [-0.4, -0.2) is 29.6 Å². The average molecular weight is 422 g/mol. The molecule has 0 aliphatic heterocycles. The van der Waals surface area contributed by atoms with Crippen molar-refractivity contribution in [3.63, 3.8) is 0 Å². The zero-order valence-corrected chi connectivity index (χ0v) is 17.3. The summed E-state index contributed by atoms with van der Waals surface area (Å²) in [5, 5.41) is 9.77. The minimum Gasteiger partial charge on any atom is -0.508 e. The minimum absolute atomic E-state index is 0. The molecular formula is C22H29BrFNO. The monoisotopic (exact) mass is 421 g/mol. The Labute approximate surface area is 166 Å². The Morgan fingerprint density at radius 3 is 2.77 bits per heavy atom. The van der Waals surface area contributed by atoms with Crippen molar-refractivity contribution in [3.05, 3.63) is 65.0 Å². The predicted molar refractivity (Wildman–Crippen MR) is 111 cm³/mol. The van der Waals surface area contributed by atoms with Crippen molar-refractivity contribution < 1.29 is 9.50 Å². The molecule has 2 unspecified atom stereocenters.